The first-order valence-corrected chi connectivity index (χ1v) is 3.56. The van der Waals surface area contributed by atoms with Gasteiger partial charge in [-0.3, -0.25) is 4.79 Å². The SMILES string of the molecule is CC(=O)OCC[C]1C(F)(F)C1(F)F. The zero-order valence-electron chi connectivity index (χ0n) is 6.74. The lowest BCUT2D eigenvalue weighted by Gasteiger charge is -1.98. The molecule has 1 rings (SSSR count). The number of hydrogen-bond acceptors (Lipinski definition) is 2. The minimum absolute atomic E-state index is 0.421. The Balaban J connectivity index is 2.30. The molecule has 1 radical (unpaired) electrons. The summed E-state index contributed by atoms with van der Waals surface area (Å²) in [6.45, 7) is 0.656. The predicted octanol–water partition coefficient (Wildman–Crippen LogP) is 1.80. The maximum atomic E-state index is 12.2. The van der Waals surface area contributed by atoms with Crippen LogP contribution in [0, 0.1) is 5.92 Å². The van der Waals surface area contributed by atoms with Gasteiger partial charge in [0.15, 0.2) is 0 Å². The lowest BCUT2D eigenvalue weighted by molar-refractivity contribution is -0.140. The highest BCUT2D eigenvalue weighted by Gasteiger charge is 2.85. The average molecular weight is 199 g/mol. The van der Waals surface area contributed by atoms with Crippen LogP contribution in [-0.2, 0) is 9.53 Å². The molecule has 75 valence electrons. The van der Waals surface area contributed by atoms with E-state index >= 15 is 0 Å². The third-order valence-electron chi connectivity index (χ3n) is 1.75. The largest absolute Gasteiger partial charge is 0.466 e. The summed E-state index contributed by atoms with van der Waals surface area (Å²) >= 11 is 0. The van der Waals surface area contributed by atoms with Crippen LogP contribution in [0.15, 0.2) is 0 Å². The second kappa shape index (κ2) is 2.85. The Morgan fingerprint density at radius 3 is 2.08 bits per heavy atom. The van der Waals surface area contributed by atoms with E-state index in [-0.39, 0.29) is 0 Å². The molecule has 0 atom stereocenters. The molecule has 2 nitrogen and oxygen atoms in total. The van der Waals surface area contributed by atoms with E-state index < -0.39 is 36.8 Å². The van der Waals surface area contributed by atoms with E-state index in [1.54, 1.807) is 0 Å². The molecule has 0 bridgehead atoms. The molecule has 0 saturated heterocycles. The maximum Gasteiger partial charge on any atom is 0.323 e. The molecule has 0 spiro atoms. The number of esters is 1. The normalized spacial score (nSPS) is 24.1. The van der Waals surface area contributed by atoms with Gasteiger partial charge in [-0.2, -0.15) is 17.6 Å². The zero-order chi connectivity index (χ0) is 10.3. The lowest BCUT2D eigenvalue weighted by Crippen LogP contribution is -2.02. The van der Waals surface area contributed by atoms with Crippen LogP contribution in [0.4, 0.5) is 17.6 Å². The van der Waals surface area contributed by atoms with Crippen molar-refractivity contribution in [2.24, 2.45) is 0 Å². The highest BCUT2D eigenvalue weighted by Crippen LogP contribution is 2.65. The topological polar surface area (TPSA) is 26.3 Å². The smallest absolute Gasteiger partial charge is 0.323 e. The molecule has 1 aliphatic rings. The second-order valence-electron chi connectivity index (χ2n) is 2.72. The summed E-state index contributed by atoms with van der Waals surface area (Å²) in [5, 5.41) is 0. The summed E-state index contributed by atoms with van der Waals surface area (Å²) in [7, 11) is 0. The van der Waals surface area contributed by atoms with Crippen molar-refractivity contribution in [3.8, 4) is 0 Å². The molecular formula is C7H7F4O2. The lowest BCUT2D eigenvalue weighted by atomic mass is 10.3. The summed E-state index contributed by atoms with van der Waals surface area (Å²) < 4.78 is 52.9. The van der Waals surface area contributed by atoms with Gasteiger partial charge < -0.3 is 4.74 Å². The summed E-state index contributed by atoms with van der Waals surface area (Å²) in [4.78, 5) is 10.2. The van der Waals surface area contributed by atoms with E-state index in [0.29, 0.717) is 0 Å². The van der Waals surface area contributed by atoms with Gasteiger partial charge in [-0.05, 0) is 0 Å². The quantitative estimate of drug-likeness (QED) is 0.511. The molecule has 0 aliphatic heterocycles. The molecule has 0 N–H and O–H groups in total. The Morgan fingerprint density at radius 1 is 1.31 bits per heavy atom. The molecule has 6 heteroatoms. The fraction of sp³-hybridized carbons (Fsp3) is 0.714. The number of rotatable bonds is 3. The van der Waals surface area contributed by atoms with Crippen molar-refractivity contribution in [2.45, 2.75) is 25.2 Å². The van der Waals surface area contributed by atoms with Crippen LogP contribution < -0.4 is 0 Å². The number of alkyl halides is 4. The van der Waals surface area contributed by atoms with Gasteiger partial charge in [-0.15, -0.1) is 0 Å². The number of carbonyl (C=O) groups excluding carboxylic acids is 1. The van der Waals surface area contributed by atoms with Crippen LogP contribution in [-0.4, -0.2) is 24.4 Å². The highest BCUT2D eigenvalue weighted by atomic mass is 19.3. The predicted molar refractivity (Wildman–Crippen MR) is 34.4 cm³/mol. The van der Waals surface area contributed by atoms with Gasteiger partial charge in [-0.25, -0.2) is 0 Å². The van der Waals surface area contributed by atoms with Crippen LogP contribution in [0.3, 0.4) is 0 Å². The van der Waals surface area contributed by atoms with Crippen molar-refractivity contribution in [1.82, 2.24) is 0 Å². The summed E-state index contributed by atoms with van der Waals surface area (Å²) in [6, 6.07) is 0. The van der Waals surface area contributed by atoms with E-state index in [0.717, 1.165) is 6.92 Å². The van der Waals surface area contributed by atoms with Crippen molar-refractivity contribution >= 4 is 5.97 Å². The minimum Gasteiger partial charge on any atom is -0.466 e. The van der Waals surface area contributed by atoms with E-state index in [1.165, 1.54) is 0 Å². The number of carbonyl (C=O) groups is 1. The van der Waals surface area contributed by atoms with Gasteiger partial charge in [-0.1, -0.05) is 0 Å². The number of halogens is 4. The van der Waals surface area contributed by atoms with Crippen molar-refractivity contribution in [1.29, 1.82) is 0 Å². The zero-order valence-corrected chi connectivity index (χ0v) is 6.74. The fourth-order valence-corrected chi connectivity index (χ4v) is 0.955. The van der Waals surface area contributed by atoms with Crippen LogP contribution in [0.5, 0.6) is 0 Å². The molecule has 0 aromatic carbocycles. The minimum atomic E-state index is -4.01. The Morgan fingerprint density at radius 2 is 1.77 bits per heavy atom. The van der Waals surface area contributed by atoms with E-state index in [1.807, 2.05) is 0 Å². The molecule has 1 aliphatic carbocycles. The standard InChI is InChI=1S/C7H7F4O2/c1-4(12)13-3-2-5-6(8,9)7(5,10)11/h2-3H2,1H3. The Bertz CT molecular complexity index is 213. The first-order chi connectivity index (χ1) is 5.80. The van der Waals surface area contributed by atoms with Crippen molar-refractivity contribution in [2.75, 3.05) is 6.61 Å². The molecule has 13 heavy (non-hydrogen) atoms. The molecule has 0 unspecified atom stereocenters. The third kappa shape index (κ3) is 1.62. The highest BCUT2D eigenvalue weighted by molar-refractivity contribution is 5.65. The van der Waals surface area contributed by atoms with Gasteiger partial charge in [0.25, 0.3) is 0 Å². The Labute approximate surface area is 71.9 Å². The van der Waals surface area contributed by atoms with E-state index in [9.17, 15) is 22.4 Å². The molecule has 0 aromatic heterocycles. The molecule has 1 fully saturated rings. The summed E-state index contributed by atoms with van der Waals surface area (Å²) in [5.74, 6) is -9.84. The molecule has 0 amide bonds. The van der Waals surface area contributed by atoms with Gasteiger partial charge >= 0.3 is 17.8 Å². The van der Waals surface area contributed by atoms with Gasteiger partial charge in [0.1, 0.15) is 5.92 Å². The number of hydrogen-bond donors (Lipinski definition) is 0. The molecule has 1 saturated carbocycles. The maximum absolute atomic E-state index is 12.2. The first kappa shape index (κ1) is 10.3. The molecular weight excluding hydrogens is 192 g/mol. The molecule has 0 heterocycles. The Kier molecular flexibility index (Phi) is 2.25. The van der Waals surface area contributed by atoms with Crippen LogP contribution in [0.1, 0.15) is 13.3 Å². The monoisotopic (exact) mass is 199 g/mol. The van der Waals surface area contributed by atoms with Gasteiger partial charge in [0.05, 0.1) is 6.61 Å². The average Bonchev–Trinajstić information content (AvgIpc) is 2.30. The second-order valence-corrected chi connectivity index (χ2v) is 2.72. The number of ether oxygens (including phenoxy) is 1. The summed E-state index contributed by atoms with van der Waals surface area (Å²) in [5.41, 5.74) is 0. The van der Waals surface area contributed by atoms with Gasteiger partial charge in [0, 0.05) is 13.3 Å². The molecule has 0 aromatic rings. The van der Waals surface area contributed by atoms with Gasteiger partial charge in [0.2, 0.25) is 0 Å². The van der Waals surface area contributed by atoms with E-state index in [2.05, 4.69) is 4.74 Å². The van der Waals surface area contributed by atoms with Crippen molar-refractivity contribution in [3.63, 3.8) is 0 Å². The van der Waals surface area contributed by atoms with Crippen LogP contribution >= 0.6 is 0 Å². The fourth-order valence-electron chi connectivity index (χ4n) is 0.955. The van der Waals surface area contributed by atoms with Crippen molar-refractivity contribution in [3.05, 3.63) is 5.92 Å². The van der Waals surface area contributed by atoms with Crippen molar-refractivity contribution < 1.29 is 27.1 Å². The Hall–Kier alpha value is -0.810. The summed E-state index contributed by atoms with van der Waals surface area (Å²) in [6.07, 6.45) is -0.584. The third-order valence-corrected chi connectivity index (χ3v) is 1.75. The van der Waals surface area contributed by atoms with Crippen LogP contribution in [0.2, 0.25) is 0 Å². The first-order valence-electron chi connectivity index (χ1n) is 3.56. The van der Waals surface area contributed by atoms with Crippen LogP contribution in [0.25, 0.3) is 0 Å². The van der Waals surface area contributed by atoms with E-state index in [4.69, 9.17) is 0 Å².